The molecule has 0 atom stereocenters. The lowest BCUT2D eigenvalue weighted by Crippen LogP contribution is -2.13. The maximum absolute atomic E-state index is 11.4. The van der Waals surface area contributed by atoms with Gasteiger partial charge < -0.3 is 10.2 Å². The van der Waals surface area contributed by atoms with Gasteiger partial charge in [-0.15, -0.1) is 5.10 Å². The van der Waals surface area contributed by atoms with Gasteiger partial charge in [-0.2, -0.15) is 4.68 Å². The van der Waals surface area contributed by atoms with Gasteiger partial charge in [0.2, 0.25) is 5.89 Å². The van der Waals surface area contributed by atoms with Crippen LogP contribution >= 0.6 is 11.6 Å². The summed E-state index contributed by atoms with van der Waals surface area (Å²) in [6.07, 6.45) is 0. The standard InChI is InChI=1S/C9H8ClN3O2/c10-6-3-1-2-4-7(6)13-9(14)15-8(5-11)12-13/h1-4H,5,11H2. The molecule has 2 N–H and O–H groups in total. The number of para-hydroxylation sites is 1. The SMILES string of the molecule is NCc1nn(-c2ccccc2Cl)c(=O)o1. The zero-order valence-corrected chi connectivity index (χ0v) is 8.44. The molecule has 0 amide bonds. The number of nitrogens with zero attached hydrogens (tertiary/aromatic N) is 2. The van der Waals surface area contributed by atoms with Crippen molar-refractivity contribution in [2.45, 2.75) is 6.54 Å². The molecule has 0 saturated carbocycles. The van der Waals surface area contributed by atoms with E-state index in [1.165, 1.54) is 0 Å². The third-order valence-corrected chi connectivity index (χ3v) is 2.16. The molecule has 0 aliphatic heterocycles. The van der Waals surface area contributed by atoms with Gasteiger partial charge >= 0.3 is 5.76 Å². The number of hydrogen-bond donors (Lipinski definition) is 1. The molecule has 0 saturated heterocycles. The summed E-state index contributed by atoms with van der Waals surface area (Å²) >= 11 is 5.91. The van der Waals surface area contributed by atoms with Crippen LogP contribution in [0.3, 0.4) is 0 Å². The normalized spacial score (nSPS) is 10.5. The number of rotatable bonds is 2. The van der Waals surface area contributed by atoms with Crippen LogP contribution in [0.15, 0.2) is 33.5 Å². The third-order valence-electron chi connectivity index (χ3n) is 1.84. The van der Waals surface area contributed by atoms with Gasteiger partial charge in [0, 0.05) is 0 Å². The van der Waals surface area contributed by atoms with Crippen molar-refractivity contribution in [3.05, 3.63) is 45.7 Å². The zero-order valence-electron chi connectivity index (χ0n) is 7.68. The van der Waals surface area contributed by atoms with Crippen LogP contribution in [0.2, 0.25) is 5.02 Å². The molecular weight excluding hydrogens is 218 g/mol. The molecule has 0 unspecified atom stereocenters. The first kappa shape index (κ1) is 9.95. The molecule has 1 aromatic heterocycles. The Morgan fingerprint density at radius 3 is 2.80 bits per heavy atom. The van der Waals surface area contributed by atoms with Crippen molar-refractivity contribution in [1.29, 1.82) is 0 Å². The van der Waals surface area contributed by atoms with E-state index in [0.29, 0.717) is 10.7 Å². The van der Waals surface area contributed by atoms with Crippen molar-refractivity contribution in [3.8, 4) is 5.69 Å². The first-order valence-corrected chi connectivity index (χ1v) is 4.64. The van der Waals surface area contributed by atoms with E-state index in [1.54, 1.807) is 24.3 Å². The fraction of sp³-hybridized carbons (Fsp3) is 0.111. The fourth-order valence-corrected chi connectivity index (χ4v) is 1.39. The molecule has 0 bridgehead atoms. The Balaban J connectivity index is 2.59. The Morgan fingerprint density at radius 1 is 1.47 bits per heavy atom. The van der Waals surface area contributed by atoms with E-state index < -0.39 is 5.76 Å². The summed E-state index contributed by atoms with van der Waals surface area (Å²) in [6, 6.07) is 6.86. The van der Waals surface area contributed by atoms with Crippen LogP contribution in [-0.2, 0) is 6.54 Å². The molecule has 0 fully saturated rings. The van der Waals surface area contributed by atoms with E-state index in [-0.39, 0.29) is 12.4 Å². The van der Waals surface area contributed by atoms with Crippen LogP contribution in [0.5, 0.6) is 0 Å². The van der Waals surface area contributed by atoms with Crippen molar-refractivity contribution in [3.63, 3.8) is 0 Å². The lowest BCUT2D eigenvalue weighted by molar-refractivity contribution is 0.460. The summed E-state index contributed by atoms with van der Waals surface area (Å²) in [4.78, 5) is 11.4. The van der Waals surface area contributed by atoms with E-state index >= 15 is 0 Å². The average Bonchev–Trinajstić information content (AvgIpc) is 2.60. The quantitative estimate of drug-likeness (QED) is 0.826. The van der Waals surface area contributed by atoms with Gasteiger partial charge in [0.05, 0.1) is 17.3 Å². The molecule has 1 aromatic carbocycles. The second-order valence-corrected chi connectivity index (χ2v) is 3.24. The van der Waals surface area contributed by atoms with E-state index in [1.807, 2.05) is 0 Å². The fourth-order valence-electron chi connectivity index (χ4n) is 1.17. The highest BCUT2D eigenvalue weighted by molar-refractivity contribution is 6.32. The average molecular weight is 226 g/mol. The summed E-state index contributed by atoms with van der Waals surface area (Å²) in [5.74, 6) is -0.413. The zero-order chi connectivity index (χ0) is 10.8. The number of nitrogens with two attached hydrogens (primary N) is 1. The Hall–Kier alpha value is -1.59. The van der Waals surface area contributed by atoms with Crippen molar-refractivity contribution in [2.24, 2.45) is 5.73 Å². The molecular formula is C9H8ClN3O2. The lowest BCUT2D eigenvalue weighted by Gasteiger charge is -1.99. The highest BCUT2D eigenvalue weighted by Crippen LogP contribution is 2.17. The first-order valence-electron chi connectivity index (χ1n) is 4.26. The van der Waals surface area contributed by atoms with Crippen LogP contribution in [-0.4, -0.2) is 9.78 Å². The van der Waals surface area contributed by atoms with Gasteiger partial charge in [-0.3, -0.25) is 0 Å². The molecule has 6 heteroatoms. The highest BCUT2D eigenvalue weighted by atomic mass is 35.5. The van der Waals surface area contributed by atoms with Gasteiger partial charge in [0.1, 0.15) is 0 Å². The molecule has 78 valence electrons. The number of aromatic nitrogens is 2. The van der Waals surface area contributed by atoms with E-state index in [4.69, 9.17) is 21.8 Å². The second-order valence-electron chi connectivity index (χ2n) is 2.83. The van der Waals surface area contributed by atoms with Gasteiger partial charge in [-0.05, 0) is 12.1 Å². The van der Waals surface area contributed by atoms with Crippen molar-refractivity contribution >= 4 is 11.6 Å². The summed E-state index contributed by atoms with van der Waals surface area (Å²) < 4.78 is 5.87. The van der Waals surface area contributed by atoms with Crippen molar-refractivity contribution in [2.75, 3.05) is 0 Å². The summed E-state index contributed by atoms with van der Waals surface area (Å²) in [7, 11) is 0. The Bertz CT molecular complexity index is 532. The molecule has 2 aromatic rings. The second kappa shape index (κ2) is 3.88. The number of hydrogen-bond acceptors (Lipinski definition) is 4. The minimum Gasteiger partial charge on any atom is -0.391 e. The van der Waals surface area contributed by atoms with Crippen molar-refractivity contribution in [1.82, 2.24) is 9.78 Å². The minimum atomic E-state index is -0.594. The van der Waals surface area contributed by atoms with Gasteiger partial charge in [-0.1, -0.05) is 23.7 Å². The van der Waals surface area contributed by atoms with E-state index in [2.05, 4.69) is 5.10 Å². The Labute approximate surface area is 90.1 Å². The minimum absolute atomic E-state index is 0.0761. The van der Waals surface area contributed by atoms with Crippen LogP contribution in [0, 0.1) is 0 Å². The summed E-state index contributed by atoms with van der Waals surface area (Å²) in [6.45, 7) is 0.0761. The predicted octanol–water partition coefficient (Wildman–Crippen LogP) is 0.938. The Morgan fingerprint density at radius 2 is 2.20 bits per heavy atom. The van der Waals surface area contributed by atoms with E-state index in [9.17, 15) is 4.79 Å². The van der Waals surface area contributed by atoms with Gasteiger partial charge in [0.25, 0.3) is 0 Å². The van der Waals surface area contributed by atoms with Gasteiger partial charge in [0.15, 0.2) is 0 Å². The van der Waals surface area contributed by atoms with E-state index in [0.717, 1.165) is 4.68 Å². The smallest absolute Gasteiger partial charge is 0.391 e. The van der Waals surface area contributed by atoms with Crippen LogP contribution in [0.4, 0.5) is 0 Å². The summed E-state index contributed by atoms with van der Waals surface area (Å²) in [5, 5.41) is 4.31. The maximum atomic E-state index is 11.4. The summed E-state index contributed by atoms with van der Waals surface area (Å²) in [5.41, 5.74) is 5.79. The number of benzene rings is 1. The van der Waals surface area contributed by atoms with Crippen molar-refractivity contribution < 1.29 is 4.42 Å². The molecule has 1 heterocycles. The molecule has 15 heavy (non-hydrogen) atoms. The van der Waals surface area contributed by atoms with Crippen LogP contribution in [0.25, 0.3) is 5.69 Å². The van der Waals surface area contributed by atoms with Gasteiger partial charge in [-0.25, -0.2) is 4.79 Å². The predicted molar refractivity (Wildman–Crippen MR) is 55.0 cm³/mol. The molecule has 0 aliphatic rings. The number of halogens is 1. The molecule has 5 nitrogen and oxygen atoms in total. The molecule has 2 rings (SSSR count). The molecule has 0 radical (unpaired) electrons. The third kappa shape index (κ3) is 1.79. The van der Waals surface area contributed by atoms with Crippen LogP contribution < -0.4 is 11.5 Å². The monoisotopic (exact) mass is 225 g/mol. The molecule has 0 aliphatic carbocycles. The maximum Gasteiger partial charge on any atom is 0.442 e. The Kier molecular flexibility index (Phi) is 2.57. The molecule has 0 spiro atoms. The highest BCUT2D eigenvalue weighted by Gasteiger charge is 2.10. The van der Waals surface area contributed by atoms with Crippen LogP contribution in [0.1, 0.15) is 5.89 Å². The largest absolute Gasteiger partial charge is 0.442 e. The topological polar surface area (TPSA) is 74.0 Å². The lowest BCUT2D eigenvalue weighted by atomic mass is 10.3. The first-order chi connectivity index (χ1) is 7.22.